The van der Waals surface area contributed by atoms with Gasteiger partial charge in [-0.05, 0) is 0 Å². The van der Waals surface area contributed by atoms with Gasteiger partial charge in [-0.25, -0.2) is 0 Å². The Balaban J connectivity index is -0.000000301. The summed E-state index contributed by atoms with van der Waals surface area (Å²) in [5.74, 6) is -4.91. The van der Waals surface area contributed by atoms with Crippen LogP contribution in [0.5, 0.6) is 0 Å². The Labute approximate surface area is 212 Å². The van der Waals surface area contributed by atoms with Crippen LogP contribution < -0.4 is 0 Å². The van der Waals surface area contributed by atoms with E-state index in [4.69, 9.17) is 20.4 Å². The van der Waals surface area contributed by atoms with Crippen molar-refractivity contribution in [3.8, 4) is 0 Å². The van der Waals surface area contributed by atoms with Gasteiger partial charge in [-0.15, -0.1) is 0 Å². The van der Waals surface area contributed by atoms with Crippen molar-refractivity contribution in [2.75, 3.05) is 39.3 Å². The molecule has 0 bridgehead atoms. The minimum atomic E-state index is -1.23. The van der Waals surface area contributed by atoms with Gasteiger partial charge in [0, 0.05) is 13.1 Å². The van der Waals surface area contributed by atoms with Crippen LogP contribution in [0.4, 0.5) is 0 Å². The van der Waals surface area contributed by atoms with Gasteiger partial charge >= 0.3 is 121 Å². The van der Waals surface area contributed by atoms with E-state index in [-0.39, 0.29) is 115 Å². The summed E-state index contributed by atoms with van der Waals surface area (Å²) in [6, 6.07) is 0. The molecule has 0 heterocycles. The number of carboxylic acids is 4. The summed E-state index contributed by atoms with van der Waals surface area (Å²) in [6.45, 7) is -2.25. The van der Waals surface area contributed by atoms with E-state index >= 15 is 0 Å². The van der Waals surface area contributed by atoms with Crippen LogP contribution in [0, 0.1) is 0 Å². The van der Waals surface area contributed by atoms with Gasteiger partial charge in [0.1, 0.15) is 0 Å². The molecule has 0 fully saturated rings. The molecule has 0 aliphatic rings. The molecule has 0 atom stereocenters. The topological polar surface area (TPSA) is 187 Å². The van der Waals surface area contributed by atoms with Crippen molar-refractivity contribution < 1.29 is 45.1 Å². The van der Waals surface area contributed by atoms with Gasteiger partial charge in [-0.1, -0.05) is 0 Å². The third-order valence-corrected chi connectivity index (χ3v) is 2.17. The Kier molecular flexibility index (Phi) is 30.5. The van der Waals surface area contributed by atoms with E-state index in [1.807, 2.05) is 0 Å². The van der Waals surface area contributed by atoms with Crippen molar-refractivity contribution in [3.05, 3.63) is 0 Å². The van der Waals surface area contributed by atoms with Crippen LogP contribution in [0.2, 0.25) is 0 Å². The Morgan fingerprint density at radius 1 is 0.583 bits per heavy atom. The van der Waals surface area contributed by atoms with Crippen molar-refractivity contribution in [1.29, 1.82) is 0 Å². The fourth-order valence-electron chi connectivity index (χ4n) is 1.48. The molecule has 0 saturated carbocycles. The summed E-state index contributed by atoms with van der Waals surface area (Å²) >= 11 is 0. The fourth-order valence-corrected chi connectivity index (χ4v) is 1.48. The molecule has 0 aliphatic carbocycles. The number of hydrogen-bond acceptors (Lipinski definition) is 6. The summed E-state index contributed by atoms with van der Waals surface area (Å²) in [4.78, 5) is 44.4. The number of rotatable bonds is 11. The third-order valence-electron chi connectivity index (χ3n) is 2.17. The molecule has 0 rings (SSSR count). The first-order chi connectivity index (χ1) is 9.20. The molecular weight excluding hydrogens is 378 g/mol. The van der Waals surface area contributed by atoms with Crippen LogP contribution in [0.1, 0.15) is 0 Å². The van der Waals surface area contributed by atoms with Crippen LogP contribution in [0.15, 0.2) is 0 Å². The van der Waals surface area contributed by atoms with Gasteiger partial charge in [0.15, 0.2) is 0 Å². The molecule has 14 heteroatoms. The predicted molar refractivity (Wildman–Crippen MR) is 89.9 cm³/mol. The second kappa shape index (κ2) is 20.3. The minimum absolute atomic E-state index is 0. The molecule has 24 heavy (non-hydrogen) atoms. The summed E-state index contributed by atoms with van der Waals surface area (Å²) < 4.78 is 0. The molecule has 0 saturated heterocycles. The third kappa shape index (κ3) is 23.0. The summed E-state index contributed by atoms with van der Waals surface area (Å²) in [7, 11) is 0. The predicted octanol–water partition coefficient (Wildman–Crippen LogP) is -5.11. The molecule has 0 unspecified atom stereocenters. The van der Waals surface area contributed by atoms with Crippen LogP contribution in [-0.2, 0) is 19.2 Å². The van der Waals surface area contributed by atoms with Gasteiger partial charge in [0.2, 0.25) is 0 Å². The second-order valence-electron chi connectivity index (χ2n) is 4.00. The van der Waals surface area contributed by atoms with E-state index in [1.165, 1.54) is 0 Å². The van der Waals surface area contributed by atoms with E-state index in [0.29, 0.717) is 0 Å². The van der Waals surface area contributed by atoms with E-state index in [2.05, 4.69) is 0 Å². The zero-order valence-corrected chi connectivity index (χ0v) is 11.1. The summed E-state index contributed by atoms with van der Waals surface area (Å²) in [5.41, 5.74) is 0. The number of carboxylic acid groups (broad SMARTS) is 4. The average molecular weight is 400 g/mol. The van der Waals surface area contributed by atoms with Crippen molar-refractivity contribution in [3.63, 3.8) is 0 Å². The molecule has 0 aromatic carbocycles. The molecule has 0 aliphatic heterocycles. The van der Waals surface area contributed by atoms with Gasteiger partial charge in [-0.3, -0.25) is 29.0 Å². The van der Waals surface area contributed by atoms with Gasteiger partial charge in [0.05, 0.1) is 26.2 Å². The monoisotopic (exact) mass is 400 g/mol. The normalized spacial score (nSPS) is 8.92. The maximum atomic E-state index is 10.6. The Bertz CT molecular complexity index is 333. The van der Waals surface area contributed by atoms with E-state index in [1.54, 1.807) is 0 Å². The molecule has 130 valence electrons. The van der Waals surface area contributed by atoms with Gasteiger partial charge in [0.25, 0.3) is 0 Å². The number of carbonyl (C=O) groups is 4. The Hall–Kier alpha value is 1.02. The Morgan fingerprint density at radius 3 is 0.875 bits per heavy atom. The molecule has 0 aromatic rings. The SMILES string of the molecule is O.O=C(O)CN(CCN(CC(=O)O)CC(=O)O)CC(=O)O.[CaH2].[NaH].[NaH]. The quantitative estimate of drug-likeness (QED) is 0.244. The summed E-state index contributed by atoms with van der Waals surface area (Å²) in [6.07, 6.45) is 0. The standard InChI is InChI=1S/C10H16N2O8.Ca.2Na.H2O.4H/c13-7(14)3-11(4-8(15)16)1-2-12(5-9(17)18)6-10(19)20;;;;;;;;/h1-6H2,(H,13,14)(H,15,16)(H,17,18)(H,19,20);;;;1H2;;;;. The molecular formula is C10H22CaN2Na2O9. The molecule has 0 amide bonds. The molecule has 0 aromatic heterocycles. The average Bonchev–Trinajstić information content (AvgIpc) is 2.22. The van der Waals surface area contributed by atoms with E-state index in [0.717, 1.165) is 9.80 Å². The second-order valence-corrected chi connectivity index (χ2v) is 4.00. The van der Waals surface area contributed by atoms with Gasteiger partial charge in [-0.2, -0.15) is 0 Å². The number of hydrogen-bond donors (Lipinski definition) is 4. The van der Waals surface area contributed by atoms with Crippen molar-refractivity contribution in [1.82, 2.24) is 9.80 Å². The fraction of sp³-hybridized carbons (Fsp3) is 0.600. The zero-order valence-electron chi connectivity index (χ0n) is 11.1. The first-order valence-electron chi connectivity index (χ1n) is 5.52. The van der Waals surface area contributed by atoms with Crippen LogP contribution >= 0.6 is 0 Å². The number of nitrogens with zero attached hydrogens (tertiary/aromatic N) is 2. The van der Waals surface area contributed by atoms with E-state index in [9.17, 15) is 19.2 Å². The van der Waals surface area contributed by atoms with Gasteiger partial charge < -0.3 is 25.9 Å². The summed E-state index contributed by atoms with van der Waals surface area (Å²) in [5, 5.41) is 34.5. The molecule has 0 radical (unpaired) electrons. The van der Waals surface area contributed by atoms with Crippen molar-refractivity contribution in [2.45, 2.75) is 0 Å². The maximum absolute atomic E-state index is 10.6. The van der Waals surface area contributed by atoms with E-state index < -0.39 is 50.1 Å². The molecule has 11 nitrogen and oxygen atoms in total. The first kappa shape index (κ1) is 36.0. The zero-order chi connectivity index (χ0) is 15.7. The van der Waals surface area contributed by atoms with Crippen molar-refractivity contribution in [2.24, 2.45) is 0 Å². The molecule has 6 N–H and O–H groups in total. The first-order valence-corrected chi connectivity index (χ1v) is 5.52. The van der Waals surface area contributed by atoms with Crippen LogP contribution in [-0.4, -0.2) is 196 Å². The van der Waals surface area contributed by atoms with Crippen LogP contribution in [0.3, 0.4) is 0 Å². The van der Waals surface area contributed by atoms with Crippen LogP contribution in [0.25, 0.3) is 0 Å². The molecule has 0 spiro atoms. The Morgan fingerprint density at radius 2 is 0.750 bits per heavy atom. The van der Waals surface area contributed by atoms with Crippen molar-refractivity contribution >= 4 is 121 Å². The number of aliphatic carboxylic acids is 4.